The summed E-state index contributed by atoms with van der Waals surface area (Å²) in [4.78, 5) is 7.21. The smallest absolute Gasteiger partial charge is 0.194 e. The monoisotopic (exact) mass is 437 g/mol. The fourth-order valence-corrected chi connectivity index (χ4v) is 4.18. The van der Waals surface area contributed by atoms with E-state index in [0.717, 1.165) is 45.0 Å². The maximum Gasteiger partial charge on any atom is 0.194 e. The van der Waals surface area contributed by atoms with Crippen molar-refractivity contribution in [3.8, 4) is 0 Å². The Morgan fingerprint density at radius 1 is 0.969 bits per heavy atom. The van der Waals surface area contributed by atoms with Gasteiger partial charge in [-0.15, -0.1) is 0 Å². The number of rotatable bonds is 8. The lowest BCUT2D eigenvalue weighted by molar-refractivity contribution is -0.0817. The van der Waals surface area contributed by atoms with Crippen LogP contribution in [0.4, 0.5) is 0 Å². The van der Waals surface area contributed by atoms with E-state index in [0.29, 0.717) is 26.4 Å². The predicted molar refractivity (Wildman–Crippen MR) is 126 cm³/mol. The van der Waals surface area contributed by atoms with Gasteiger partial charge in [0.2, 0.25) is 0 Å². The average molecular weight is 438 g/mol. The van der Waals surface area contributed by atoms with Crippen molar-refractivity contribution in [2.75, 3.05) is 32.8 Å². The van der Waals surface area contributed by atoms with Crippen molar-refractivity contribution in [2.45, 2.75) is 51.7 Å². The Hall–Kier alpha value is -2.41. The molecule has 2 aliphatic heterocycles. The Morgan fingerprint density at radius 3 is 2.41 bits per heavy atom. The summed E-state index contributed by atoms with van der Waals surface area (Å²) in [6, 6.07) is 18.8. The first kappa shape index (κ1) is 22.8. The topological polar surface area (TPSA) is 55.3 Å². The van der Waals surface area contributed by atoms with E-state index in [2.05, 4.69) is 53.5 Å². The number of hydrogen-bond acceptors (Lipinski definition) is 4. The highest BCUT2D eigenvalue weighted by atomic mass is 16.5. The molecule has 2 unspecified atom stereocenters. The molecule has 1 N–H and O–H groups in total. The van der Waals surface area contributed by atoms with Crippen LogP contribution in [0.3, 0.4) is 0 Å². The van der Waals surface area contributed by atoms with Crippen LogP contribution in [0.15, 0.2) is 59.6 Å². The molecular weight excluding hydrogens is 402 g/mol. The molecule has 0 spiro atoms. The number of nitrogens with one attached hydrogen (secondary N) is 1. The first-order chi connectivity index (χ1) is 15.8. The summed E-state index contributed by atoms with van der Waals surface area (Å²) in [6.45, 7) is 8.09. The van der Waals surface area contributed by atoms with Crippen molar-refractivity contribution in [3.05, 3.63) is 71.3 Å². The standard InChI is InChI=1S/C26H35N3O3/c1-2-27-26(29-14-16-32-25(18-29)24-9-6-15-31-24)28-17-21-10-12-23(13-11-21)20-30-19-22-7-4-3-5-8-22/h3-5,7-8,10-13,24-25H,2,6,9,14-20H2,1H3,(H,27,28). The molecule has 6 nitrogen and oxygen atoms in total. The second-order valence-electron chi connectivity index (χ2n) is 8.37. The van der Waals surface area contributed by atoms with E-state index >= 15 is 0 Å². The molecule has 2 aromatic rings. The van der Waals surface area contributed by atoms with E-state index in [9.17, 15) is 0 Å². The molecule has 2 fully saturated rings. The van der Waals surface area contributed by atoms with Crippen LogP contribution in [0.2, 0.25) is 0 Å². The van der Waals surface area contributed by atoms with E-state index in [1.807, 2.05) is 18.2 Å². The van der Waals surface area contributed by atoms with Crippen LogP contribution in [0, 0.1) is 0 Å². The van der Waals surface area contributed by atoms with Gasteiger partial charge in [-0.25, -0.2) is 4.99 Å². The summed E-state index contributed by atoms with van der Waals surface area (Å²) in [5.74, 6) is 0.953. The highest BCUT2D eigenvalue weighted by Gasteiger charge is 2.32. The fourth-order valence-electron chi connectivity index (χ4n) is 4.18. The lowest BCUT2D eigenvalue weighted by atomic mass is 10.1. The minimum Gasteiger partial charge on any atom is -0.375 e. The molecule has 0 bridgehead atoms. The minimum atomic E-state index is 0.130. The van der Waals surface area contributed by atoms with Crippen molar-refractivity contribution >= 4 is 5.96 Å². The second kappa shape index (κ2) is 12.0. The second-order valence-corrected chi connectivity index (χ2v) is 8.37. The third kappa shape index (κ3) is 6.55. The summed E-state index contributed by atoms with van der Waals surface area (Å²) < 4.78 is 17.7. The average Bonchev–Trinajstić information content (AvgIpc) is 3.39. The van der Waals surface area contributed by atoms with Crippen molar-refractivity contribution in [1.82, 2.24) is 10.2 Å². The number of aliphatic imine (C=N–C) groups is 1. The van der Waals surface area contributed by atoms with Gasteiger partial charge in [0.05, 0.1) is 32.5 Å². The molecule has 2 saturated heterocycles. The van der Waals surface area contributed by atoms with Crippen LogP contribution in [0.25, 0.3) is 0 Å². The van der Waals surface area contributed by atoms with E-state index in [1.54, 1.807) is 0 Å². The molecule has 172 valence electrons. The van der Waals surface area contributed by atoms with Crippen LogP contribution in [-0.2, 0) is 34.0 Å². The first-order valence-electron chi connectivity index (χ1n) is 11.8. The quantitative estimate of drug-likeness (QED) is 0.504. The summed E-state index contributed by atoms with van der Waals surface area (Å²) in [6.07, 6.45) is 2.57. The zero-order valence-electron chi connectivity index (χ0n) is 19.0. The summed E-state index contributed by atoms with van der Waals surface area (Å²) in [5, 5.41) is 3.45. The van der Waals surface area contributed by atoms with Gasteiger partial charge in [-0.1, -0.05) is 54.6 Å². The zero-order chi connectivity index (χ0) is 22.0. The number of benzene rings is 2. The lowest BCUT2D eigenvalue weighted by Crippen LogP contribution is -2.53. The summed E-state index contributed by atoms with van der Waals surface area (Å²) >= 11 is 0. The molecule has 2 atom stereocenters. The third-order valence-corrected chi connectivity index (χ3v) is 5.92. The Kier molecular flexibility index (Phi) is 8.54. The highest BCUT2D eigenvalue weighted by Crippen LogP contribution is 2.21. The number of ether oxygens (including phenoxy) is 3. The van der Waals surface area contributed by atoms with Gasteiger partial charge in [0, 0.05) is 26.2 Å². The van der Waals surface area contributed by atoms with Crippen LogP contribution < -0.4 is 5.32 Å². The van der Waals surface area contributed by atoms with Gasteiger partial charge in [0.25, 0.3) is 0 Å². The molecule has 0 saturated carbocycles. The van der Waals surface area contributed by atoms with Gasteiger partial charge in [0.1, 0.15) is 6.10 Å². The van der Waals surface area contributed by atoms with Crippen LogP contribution in [0.1, 0.15) is 36.5 Å². The van der Waals surface area contributed by atoms with Gasteiger partial charge in [-0.2, -0.15) is 0 Å². The Morgan fingerprint density at radius 2 is 1.69 bits per heavy atom. The number of morpholine rings is 1. The number of guanidine groups is 1. The molecular formula is C26H35N3O3. The van der Waals surface area contributed by atoms with Gasteiger partial charge >= 0.3 is 0 Å². The molecule has 0 amide bonds. The Balaban J connectivity index is 1.29. The molecule has 2 aromatic carbocycles. The van der Waals surface area contributed by atoms with Gasteiger partial charge in [-0.3, -0.25) is 0 Å². The van der Waals surface area contributed by atoms with Crippen LogP contribution >= 0.6 is 0 Å². The molecule has 6 heteroatoms. The van der Waals surface area contributed by atoms with Crippen LogP contribution in [-0.4, -0.2) is 55.9 Å². The molecule has 0 aromatic heterocycles. The number of nitrogens with zero attached hydrogens (tertiary/aromatic N) is 2. The lowest BCUT2D eigenvalue weighted by Gasteiger charge is -2.37. The zero-order valence-corrected chi connectivity index (χ0v) is 19.0. The van der Waals surface area contributed by atoms with Crippen molar-refractivity contribution < 1.29 is 14.2 Å². The van der Waals surface area contributed by atoms with Crippen molar-refractivity contribution in [1.29, 1.82) is 0 Å². The molecule has 0 radical (unpaired) electrons. The van der Waals surface area contributed by atoms with E-state index in [4.69, 9.17) is 19.2 Å². The van der Waals surface area contributed by atoms with Gasteiger partial charge in [-0.05, 0) is 36.5 Å². The van der Waals surface area contributed by atoms with Gasteiger partial charge in [0.15, 0.2) is 5.96 Å². The van der Waals surface area contributed by atoms with E-state index < -0.39 is 0 Å². The van der Waals surface area contributed by atoms with Gasteiger partial charge < -0.3 is 24.4 Å². The molecule has 2 aliphatic rings. The summed E-state index contributed by atoms with van der Waals surface area (Å²) in [5.41, 5.74) is 3.56. The fraction of sp³-hybridized carbons (Fsp3) is 0.500. The first-order valence-corrected chi connectivity index (χ1v) is 11.8. The molecule has 4 rings (SSSR count). The SMILES string of the molecule is CCNC(=NCc1ccc(COCc2ccccc2)cc1)N1CCOC(C2CCCO2)C1. The largest absolute Gasteiger partial charge is 0.375 e. The number of hydrogen-bond donors (Lipinski definition) is 1. The molecule has 2 heterocycles. The predicted octanol–water partition coefficient (Wildman–Crippen LogP) is 3.75. The Labute approximate surface area is 191 Å². The highest BCUT2D eigenvalue weighted by molar-refractivity contribution is 5.80. The third-order valence-electron chi connectivity index (χ3n) is 5.92. The molecule has 32 heavy (non-hydrogen) atoms. The normalized spacial score (nSPS) is 21.7. The Bertz CT molecular complexity index is 835. The summed E-state index contributed by atoms with van der Waals surface area (Å²) in [7, 11) is 0. The minimum absolute atomic E-state index is 0.130. The van der Waals surface area contributed by atoms with Crippen molar-refractivity contribution in [2.24, 2.45) is 4.99 Å². The van der Waals surface area contributed by atoms with Crippen molar-refractivity contribution in [3.63, 3.8) is 0 Å². The van der Waals surface area contributed by atoms with E-state index in [-0.39, 0.29) is 12.2 Å². The molecule has 0 aliphatic carbocycles. The van der Waals surface area contributed by atoms with Crippen LogP contribution in [0.5, 0.6) is 0 Å². The maximum atomic E-state index is 6.00. The van der Waals surface area contributed by atoms with E-state index in [1.165, 1.54) is 16.7 Å². The maximum absolute atomic E-state index is 6.00.